The van der Waals surface area contributed by atoms with Crippen molar-refractivity contribution in [1.82, 2.24) is 9.80 Å². The summed E-state index contributed by atoms with van der Waals surface area (Å²) in [5, 5.41) is 9.11. The van der Waals surface area contributed by atoms with E-state index in [-0.39, 0.29) is 11.7 Å². The van der Waals surface area contributed by atoms with Gasteiger partial charge in [-0.15, -0.1) is 0 Å². The summed E-state index contributed by atoms with van der Waals surface area (Å²) in [6.45, 7) is 6.91. The molecule has 1 heterocycles. The summed E-state index contributed by atoms with van der Waals surface area (Å²) in [6.07, 6.45) is 0. The van der Waals surface area contributed by atoms with Crippen molar-refractivity contribution in [2.45, 2.75) is 19.4 Å². The van der Waals surface area contributed by atoms with Gasteiger partial charge < -0.3 is 9.80 Å². The van der Waals surface area contributed by atoms with Crippen molar-refractivity contribution in [2.24, 2.45) is 0 Å². The molecule has 1 aliphatic rings. The van der Waals surface area contributed by atoms with E-state index in [2.05, 4.69) is 15.9 Å². The fourth-order valence-corrected chi connectivity index (χ4v) is 2.50. The summed E-state index contributed by atoms with van der Waals surface area (Å²) in [5.41, 5.74) is 0.202. The second kappa shape index (κ2) is 6.97. The number of nitrogens with zero attached hydrogens (tertiary/aromatic N) is 4. The monoisotopic (exact) mass is 318 g/mol. The Hall–Kier alpha value is -2.13. The van der Waals surface area contributed by atoms with Crippen LogP contribution in [0.5, 0.6) is 0 Å². The van der Waals surface area contributed by atoms with E-state index in [1.807, 2.05) is 0 Å². The molecule has 0 unspecified atom stereocenters. The lowest BCUT2D eigenvalue weighted by Crippen LogP contribution is -2.52. The first kappa shape index (κ1) is 17.2. The van der Waals surface area contributed by atoms with Gasteiger partial charge in [0.1, 0.15) is 11.4 Å². The van der Waals surface area contributed by atoms with Gasteiger partial charge >= 0.3 is 0 Å². The van der Waals surface area contributed by atoms with Gasteiger partial charge in [-0.25, -0.2) is 4.39 Å². The van der Waals surface area contributed by atoms with Crippen molar-refractivity contribution >= 4 is 11.6 Å². The molecule has 1 aliphatic heterocycles. The van der Waals surface area contributed by atoms with Crippen LogP contribution < -0.4 is 4.90 Å². The third kappa shape index (κ3) is 4.20. The normalized spacial score (nSPS) is 16.0. The number of benzene rings is 1. The van der Waals surface area contributed by atoms with Crippen LogP contribution in [0.3, 0.4) is 0 Å². The molecule has 1 aromatic carbocycles. The van der Waals surface area contributed by atoms with Crippen molar-refractivity contribution in [3.05, 3.63) is 30.1 Å². The summed E-state index contributed by atoms with van der Waals surface area (Å²) in [6, 6.07) is 8.62. The van der Waals surface area contributed by atoms with Crippen molar-refractivity contribution in [2.75, 3.05) is 44.7 Å². The fourth-order valence-electron chi connectivity index (χ4n) is 2.50. The van der Waals surface area contributed by atoms with E-state index in [4.69, 9.17) is 5.26 Å². The lowest BCUT2D eigenvalue weighted by Gasteiger charge is -2.37. The van der Waals surface area contributed by atoms with E-state index in [1.54, 1.807) is 33.0 Å². The number of likely N-dealkylation sites (N-methyl/N-ethyl adjacent to an activating group) is 1. The summed E-state index contributed by atoms with van der Waals surface area (Å²) >= 11 is 0. The number of anilines is 1. The Bertz CT molecular complexity index is 586. The minimum Gasteiger partial charge on any atom is -0.369 e. The molecule has 0 radical (unpaired) electrons. The Morgan fingerprint density at radius 1 is 1.26 bits per heavy atom. The molecule has 0 bridgehead atoms. The predicted octanol–water partition coefficient (Wildman–Crippen LogP) is 1.71. The van der Waals surface area contributed by atoms with Gasteiger partial charge in [0.05, 0.1) is 12.6 Å². The van der Waals surface area contributed by atoms with Gasteiger partial charge in [0.25, 0.3) is 0 Å². The topological polar surface area (TPSA) is 50.6 Å². The molecule has 0 spiro atoms. The standard InChI is InChI=1S/C17H23FN4O/c1-17(2,13-19)20(3)16(23)12-21-8-10-22(11-9-21)15-6-4-14(18)5-7-15/h4-7H,8-12H2,1-3H3. The van der Waals surface area contributed by atoms with E-state index >= 15 is 0 Å². The second-order valence-electron chi connectivity index (χ2n) is 6.36. The zero-order valence-corrected chi connectivity index (χ0v) is 13.9. The van der Waals surface area contributed by atoms with Crippen LogP contribution in [-0.2, 0) is 4.79 Å². The Morgan fingerprint density at radius 2 is 1.83 bits per heavy atom. The van der Waals surface area contributed by atoms with Gasteiger partial charge in [-0.2, -0.15) is 5.26 Å². The average molecular weight is 318 g/mol. The first-order valence-corrected chi connectivity index (χ1v) is 7.74. The maximum Gasteiger partial charge on any atom is 0.237 e. The van der Waals surface area contributed by atoms with E-state index in [9.17, 15) is 9.18 Å². The van der Waals surface area contributed by atoms with Crippen LogP contribution >= 0.6 is 0 Å². The molecule has 0 atom stereocenters. The molecule has 0 aliphatic carbocycles. The van der Waals surface area contributed by atoms with Crippen LogP contribution in [0.15, 0.2) is 24.3 Å². The fraction of sp³-hybridized carbons (Fsp3) is 0.529. The van der Waals surface area contributed by atoms with Gasteiger partial charge in [-0.3, -0.25) is 9.69 Å². The van der Waals surface area contributed by atoms with Crippen LogP contribution in [0, 0.1) is 17.1 Å². The largest absolute Gasteiger partial charge is 0.369 e. The van der Waals surface area contributed by atoms with Gasteiger partial charge in [0.15, 0.2) is 0 Å². The van der Waals surface area contributed by atoms with Crippen molar-refractivity contribution in [3.63, 3.8) is 0 Å². The summed E-state index contributed by atoms with van der Waals surface area (Å²) in [7, 11) is 1.67. The third-order valence-corrected chi connectivity index (χ3v) is 4.41. The molecular weight excluding hydrogens is 295 g/mol. The minimum absolute atomic E-state index is 0.0493. The molecular formula is C17H23FN4O. The van der Waals surface area contributed by atoms with Crippen molar-refractivity contribution in [3.8, 4) is 6.07 Å². The Balaban J connectivity index is 1.86. The van der Waals surface area contributed by atoms with E-state index in [0.29, 0.717) is 6.54 Å². The first-order chi connectivity index (χ1) is 10.8. The maximum absolute atomic E-state index is 13.0. The van der Waals surface area contributed by atoms with Gasteiger partial charge in [-0.1, -0.05) is 0 Å². The molecule has 0 aromatic heterocycles. The molecule has 6 heteroatoms. The smallest absolute Gasteiger partial charge is 0.237 e. The molecule has 0 saturated carbocycles. The molecule has 1 amide bonds. The number of amides is 1. The summed E-state index contributed by atoms with van der Waals surface area (Å²) < 4.78 is 13.0. The summed E-state index contributed by atoms with van der Waals surface area (Å²) in [5.74, 6) is -0.284. The highest BCUT2D eigenvalue weighted by atomic mass is 19.1. The molecule has 0 N–H and O–H groups in total. The second-order valence-corrected chi connectivity index (χ2v) is 6.36. The molecule has 1 fully saturated rings. The highest BCUT2D eigenvalue weighted by molar-refractivity contribution is 5.79. The highest BCUT2D eigenvalue weighted by Crippen LogP contribution is 2.17. The van der Waals surface area contributed by atoms with E-state index in [1.165, 1.54) is 17.0 Å². The van der Waals surface area contributed by atoms with Crippen LogP contribution in [0.2, 0.25) is 0 Å². The molecule has 1 saturated heterocycles. The lowest BCUT2D eigenvalue weighted by atomic mass is 10.1. The van der Waals surface area contributed by atoms with Gasteiger partial charge in [0.2, 0.25) is 5.91 Å². The number of carbonyl (C=O) groups excluding carboxylic acids is 1. The quantitative estimate of drug-likeness (QED) is 0.848. The molecule has 1 aromatic rings. The molecule has 2 rings (SSSR count). The molecule has 124 valence electrons. The third-order valence-electron chi connectivity index (χ3n) is 4.41. The molecule has 23 heavy (non-hydrogen) atoms. The van der Waals surface area contributed by atoms with Crippen LogP contribution in [0.25, 0.3) is 0 Å². The number of hydrogen-bond acceptors (Lipinski definition) is 4. The maximum atomic E-state index is 13.0. The SMILES string of the molecule is CN(C(=O)CN1CCN(c2ccc(F)cc2)CC1)C(C)(C)C#N. The number of nitriles is 1. The Kier molecular flexibility index (Phi) is 5.22. The zero-order chi connectivity index (χ0) is 17.0. The van der Waals surface area contributed by atoms with Gasteiger partial charge in [0, 0.05) is 38.9 Å². The van der Waals surface area contributed by atoms with Crippen LogP contribution in [0.1, 0.15) is 13.8 Å². The van der Waals surface area contributed by atoms with E-state index < -0.39 is 5.54 Å². The summed E-state index contributed by atoms with van der Waals surface area (Å²) in [4.78, 5) is 18.1. The number of carbonyl (C=O) groups is 1. The minimum atomic E-state index is -0.799. The Morgan fingerprint density at radius 3 is 2.35 bits per heavy atom. The van der Waals surface area contributed by atoms with Gasteiger partial charge in [-0.05, 0) is 38.1 Å². The highest BCUT2D eigenvalue weighted by Gasteiger charge is 2.29. The lowest BCUT2D eigenvalue weighted by molar-refractivity contribution is -0.134. The van der Waals surface area contributed by atoms with Crippen molar-refractivity contribution < 1.29 is 9.18 Å². The van der Waals surface area contributed by atoms with Crippen LogP contribution in [-0.4, -0.2) is 61.0 Å². The average Bonchev–Trinajstić information content (AvgIpc) is 2.55. The number of rotatable bonds is 4. The zero-order valence-electron chi connectivity index (χ0n) is 13.9. The van der Waals surface area contributed by atoms with E-state index in [0.717, 1.165) is 31.9 Å². The number of piperazine rings is 1. The number of hydrogen-bond donors (Lipinski definition) is 0. The van der Waals surface area contributed by atoms with Crippen LogP contribution in [0.4, 0.5) is 10.1 Å². The number of halogens is 1. The Labute approximate surface area is 136 Å². The van der Waals surface area contributed by atoms with Crippen molar-refractivity contribution in [1.29, 1.82) is 5.26 Å². The predicted molar refractivity (Wildman–Crippen MR) is 87.5 cm³/mol. The molecule has 5 nitrogen and oxygen atoms in total. The first-order valence-electron chi connectivity index (χ1n) is 7.74.